The Bertz CT molecular complexity index is 1270. The maximum absolute atomic E-state index is 13.0. The van der Waals surface area contributed by atoms with Crippen molar-refractivity contribution in [3.63, 3.8) is 0 Å². The third-order valence-electron chi connectivity index (χ3n) is 4.21. The van der Waals surface area contributed by atoms with Gasteiger partial charge in [0.15, 0.2) is 0 Å². The monoisotopic (exact) mass is 528 g/mol. The minimum Gasteiger partial charge on any atom is -0.368 e. The van der Waals surface area contributed by atoms with Crippen molar-refractivity contribution in [3.05, 3.63) is 57.0 Å². The van der Waals surface area contributed by atoms with Gasteiger partial charge < -0.3 is 21.7 Å². The van der Waals surface area contributed by atoms with Gasteiger partial charge in [-0.3, -0.25) is 14.4 Å². The Balaban J connectivity index is 1.65. The van der Waals surface area contributed by atoms with Crippen molar-refractivity contribution >= 4 is 52.3 Å². The third-order valence-corrected chi connectivity index (χ3v) is 5.69. The molecule has 3 heterocycles. The lowest BCUT2D eigenvalue weighted by Gasteiger charge is -2.11. The first-order valence-electron chi connectivity index (χ1n) is 9.59. The van der Waals surface area contributed by atoms with Gasteiger partial charge in [-0.1, -0.05) is 11.6 Å². The molecule has 11 nitrogen and oxygen atoms in total. The predicted molar refractivity (Wildman–Crippen MR) is 120 cm³/mol. The molecule has 0 radical (unpaired) electrons. The molecule has 0 aromatic carbocycles. The van der Waals surface area contributed by atoms with Crippen molar-refractivity contribution in [1.82, 2.24) is 25.3 Å². The first-order chi connectivity index (χ1) is 16.4. The van der Waals surface area contributed by atoms with Crippen molar-refractivity contribution in [3.8, 4) is 0 Å². The van der Waals surface area contributed by atoms with E-state index in [-0.39, 0.29) is 28.8 Å². The topological polar surface area (TPSA) is 165 Å². The molecule has 16 heteroatoms. The molecule has 0 saturated carbocycles. The highest BCUT2D eigenvalue weighted by Gasteiger charge is 2.34. The lowest BCUT2D eigenvalue weighted by molar-refractivity contribution is -0.137. The normalized spacial score (nSPS) is 12.0. The number of hydrogen-bond donors (Lipinski definition) is 4. The molecule has 3 rings (SSSR count). The van der Waals surface area contributed by atoms with E-state index in [1.54, 1.807) is 6.92 Å². The molecule has 0 fully saturated rings. The molecule has 0 aliphatic rings. The standard InChI is InChI=1S/C19H16ClF3N8O3S/c1-8(30-16(33)11-3-14(29-7-28-11)26-6-13(24)32)18-27-5-12(35-18)17(34)31-15-2-9(19(21,22)23)10(20)4-25-15/h2-5,7-8H,6H2,1H3,(H2,24,32)(H,30,33)(H,25,31,34)(H,26,28,29). The van der Waals surface area contributed by atoms with Crippen LogP contribution in [0.3, 0.4) is 0 Å². The Hall–Kier alpha value is -3.85. The molecular weight excluding hydrogens is 513 g/mol. The number of rotatable bonds is 8. The van der Waals surface area contributed by atoms with E-state index in [2.05, 4.69) is 35.9 Å². The summed E-state index contributed by atoms with van der Waals surface area (Å²) < 4.78 is 39.0. The minimum absolute atomic E-state index is 0.00243. The van der Waals surface area contributed by atoms with E-state index in [0.717, 1.165) is 23.9 Å². The number of primary amides is 1. The van der Waals surface area contributed by atoms with Crippen LogP contribution in [0.15, 0.2) is 30.9 Å². The SMILES string of the molecule is CC(NC(=O)c1cc(NCC(N)=O)ncn1)c1ncc(C(=O)Nc2cc(C(F)(F)F)c(Cl)cn2)s1. The smallest absolute Gasteiger partial charge is 0.368 e. The van der Waals surface area contributed by atoms with Crippen molar-refractivity contribution < 1.29 is 27.6 Å². The van der Waals surface area contributed by atoms with Crippen LogP contribution in [0.2, 0.25) is 5.02 Å². The number of anilines is 2. The molecule has 0 saturated heterocycles. The van der Waals surface area contributed by atoms with Crippen LogP contribution >= 0.6 is 22.9 Å². The highest BCUT2D eigenvalue weighted by Crippen LogP contribution is 2.35. The van der Waals surface area contributed by atoms with Gasteiger partial charge in [0.1, 0.15) is 33.5 Å². The summed E-state index contributed by atoms with van der Waals surface area (Å²) >= 11 is 6.45. The van der Waals surface area contributed by atoms with Crippen LogP contribution in [0.25, 0.3) is 0 Å². The lowest BCUT2D eigenvalue weighted by atomic mass is 10.2. The predicted octanol–water partition coefficient (Wildman–Crippen LogP) is 2.64. The van der Waals surface area contributed by atoms with Crippen LogP contribution in [0.4, 0.5) is 24.8 Å². The summed E-state index contributed by atoms with van der Waals surface area (Å²) in [5, 5.41) is 7.31. The number of thiazole rings is 1. The summed E-state index contributed by atoms with van der Waals surface area (Å²) in [5.74, 6) is -2.05. The fourth-order valence-corrected chi connectivity index (χ4v) is 3.61. The van der Waals surface area contributed by atoms with Gasteiger partial charge in [-0.25, -0.2) is 19.9 Å². The fourth-order valence-electron chi connectivity index (χ4n) is 2.58. The number of amides is 3. The van der Waals surface area contributed by atoms with E-state index in [4.69, 9.17) is 17.3 Å². The van der Waals surface area contributed by atoms with Gasteiger partial charge in [0.2, 0.25) is 5.91 Å². The molecule has 3 amide bonds. The minimum atomic E-state index is -4.72. The molecular formula is C19H16ClF3N8O3S. The zero-order valence-corrected chi connectivity index (χ0v) is 19.3. The van der Waals surface area contributed by atoms with Crippen LogP contribution in [0, 0.1) is 0 Å². The number of halogens is 4. The van der Waals surface area contributed by atoms with Gasteiger partial charge in [-0.2, -0.15) is 13.2 Å². The molecule has 5 N–H and O–H groups in total. The van der Waals surface area contributed by atoms with Gasteiger partial charge >= 0.3 is 6.18 Å². The second-order valence-corrected chi connectivity index (χ2v) is 8.34. The summed E-state index contributed by atoms with van der Waals surface area (Å²) in [5.41, 5.74) is 3.92. The van der Waals surface area contributed by atoms with Crippen LogP contribution in [0.1, 0.15) is 43.7 Å². The Labute approximate surface area is 204 Å². The molecule has 3 aromatic rings. The molecule has 0 spiro atoms. The lowest BCUT2D eigenvalue weighted by Crippen LogP contribution is -2.28. The molecule has 1 unspecified atom stereocenters. The Kier molecular flexibility index (Phi) is 7.81. The van der Waals surface area contributed by atoms with E-state index in [1.807, 2.05) is 0 Å². The van der Waals surface area contributed by atoms with Gasteiger partial charge in [0.05, 0.1) is 29.4 Å². The van der Waals surface area contributed by atoms with Crippen LogP contribution in [0.5, 0.6) is 0 Å². The van der Waals surface area contributed by atoms with Gasteiger partial charge in [0.25, 0.3) is 11.8 Å². The number of nitrogens with one attached hydrogen (secondary N) is 3. The van der Waals surface area contributed by atoms with E-state index >= 15 is 0 Å². The maximum Gasteiger partial charge on any atom is 0.418 e. The molecule has 0 aliphatic carbocycles. The summed E-state index contributed by atoms with van der Waals surface area (Å²) in [6.45, 7) is 1.43. The molecule has 3 aromatic heterocycles. The number of pyridine rings is 1. The van der Waals surface area contributed by atoms with Crippen LogP contribution in [-0.2, 0) is 11.0 Å². The number of nitrogens with two attached hydrogens (primary N) is 1. The Morgan fingerprint density at radius 1 is 1.09 bits per heavy atom. The average molecular weight is 529 g/mol. The summed E-state index contributed by atoms with van der Waals surface area (Å²) in [7, 11) is 0. The molecule has 35 heavy (non-hydrogen) atoms. The molecule has 0 aliphatic heterocycles. The second-order valence-electron chi connectivity index (χ2n) is 6.87. The van der Waals surface area contributed by atoms with Crippen molar-refractivity contribution in [1.29, 1.82) is 0 Å². The van der Waals surface area contributed by atoms with Crippen molar-refractivity contribution in [2.24, 2.45) is 5.73 Å². The van der Waals surface area contributed by atoms with Gasteiger partial charge in [-0.15, -0.1) is 11.3 Å². The van der Waals surface area contributed by atoms with Crippen molar-refractivity contribution in [2.45, 2.75) is 19.1 Å². The number of aromatic nitrogens is 4. The van der Waals surface area contributed by atoms with E-state index in [0.29, 0.717) is 11.1 Å². The molecule has 0 bridgehead atoms. The van der Waals surface area contributed by atoms with Crippen LogP contribution in [-0.4, -0.2) is 44.2 Å². The second kappa shape index (κ2) is 10.6. The summed E-state index contributed by atoms with van der Waals surface area (Å²) in [4.78, 5) is 51.4. The maximum atomic E-state index is 13.0. The summed E-state index contributed by atoms with van der Waals surface area (Å²) in [6.07, 6.45) is -1.58. The van der Waals surface area contributed by atoms with Gasteiger partial charge in [-0.05, 0) is 13.0 Å². The Morgan fingerprint density at radius 2 is 1.83 bits per heavy atom. The van der Waals surface area contributed by atoms with Gasteiger partial charge in [0, 0.05) is 12.3 Å². The highest BCUT2D eigenvalue weighted by molar-refractivity contribution is 7.13. The number of carbonyl (C=O) groups excluding carboxylic acids is 3. The van der Waals surface area contributed by atoms with Crippen LogP contribution < -0.4 is 21.7 Å². The zero-order chi connectivity index (χ0) is 25.8. The highest BCUT2D eigenvalue weighted by atomic mass is 35.5. The molecule has 1 atom stereocenters. The Morgan fingerprint density at radius 3 is 2.51 bits per heavy atom. The largest absolute Gasteiger partial charge is 0.418 e. The number of carbonyl (C=O) groups is 3. The van der Waals surface area contributed by atoms with E-state index < -0.39 is 40.5 Å². The van der Waals surface area contributed by atoms with E-state index in [9.17, 15) is 27.6 Å². The quantitative estimate of drug-likeness (QED) is 0.346. The number of hydrogen-bond acceptors (Lipinski definition) is 9. The first-order valence-corrected chi connectivity index (χ1v) is 10.8. The summed E-state index contributed by atoms with van der Waals surface area (Å²) in [6, 6.07) is 1.30. The molecule has 184 valence electrons. The van der Waals surface area contributed by atoms with Crippen molar-refractivity contribution in [2.75, 3.05) is 17.2 Å². The van der Waals surface area contributed by atoms with E-state index in [1.165, 1.54) is 12.3 Å². The third kappa shape index (κ3) is 6.83. The number of alkyl halides is 3. The first kappa shape index (κ1) is 25.8. The number of nitrogens with zero attached hydrogens (tertiary/aromatic N) is 4. The average Bonchev–Trinajstić information content (AvgIpc) is 3.29. The zero-order valence-electron chi connectivity index (χ0n) is 17.7. The fraction of sp³-hybridized carbons (Fsp3) is 0.211.